The molecule has 0 aliphatic carbocycles. The van der Waals surface area contributed by atoms with Crippen LogP contribution in [0.15, 0.2) is 72.9 Å². The van der Waals surface area contributed by atoms with Crippen molar-refractivity contribution in [2.24, 2.45) is 18.4 Å². The minimum atomic E-state index is 0.0507. The molecule has 2 aromatic carbocycles. The fourth-order valence-electron chi connectivity index (χ4n) is 4.77. The molecule has 1 spiro atoms. The molecule has 3 heterocycles. The van der Waals surface area contributed by atoms with Gasteiger partial charge in [0.25, 0.3) is 5.91 Å². The summed E-state index contributed by atoms with van der Waals surface area (Å²) in [6.07, 6.45) is 1.68. The number of para-hydroxylation sites is 2. The summed E-state index contributed by atoms with van der Waals surface area (Å²) in [7, 11) is 1.82. The van der Waals surface area contributed by atoms with Gasteiger partial charge in [0.15, 0.2) is 0 Å². The monoisotopic (exact) mass is 402 g/mol. The third-order valence-corrected chi connectivity index (χ3v) is 6.47. The van der Waals surface area contributed by atoms with Crippen LogP contribution in [0.25, 0.3) is 0 Å². The lowest BCUT2D eigenvalue weighted by Crippen LogP contribution is -2.61. The van der Waals surface area contributed by atoms with Gasteiger partial charge in [-0.2, -0.15) is 5.10 Å². The number of rotatable bonds is 5. The van der Waals surface area contributed by atoms with Crippen LogP contribution in [0.4, 0.5) is 5.69 Å². The number of hydrogen-bond acceptors (Lipinski definition) is 4. The zero-order valence-corrected chi connectivity index (χ0v) is 17.1. The molecule has 154 valence electrons. The van der Waals surface area contributed by atoms with Gasteiger partial charge in [0.05, 0.1) is 6.61 Å². The van der Waals surface area contributed by atoms with E-state index < -0.39 is 0 Å². The molecule has 0 N–H and O–H groups in total. The summed E-state index contributed by atoms with van der Waals surface area (Å²) in [4.78, 5) is 17.5. The lowest BCUT2D eigenvalue weighted by Gasteiger charge is -2.52. The number of aryl methyl sites for hydroxylation is 1. The highest BCUT2D eigenvalue weighted by molar-refractivity contribution is 5.92. The molecule has 0 saturated carbocycles. The topological polar surface area (TPSA) is 50.6 Å². The Morgan fingerprint density at radius 2 is 1.73 bits per heavy atom. The van der Waals surface area contributed by atoms with E-state index in [1.807, 2.05) is 48.3 Å². The van der Waals surface area contributed by atoms with Crippen molar-refractivity contribution in [1.29, 1.82) is 0 Å². The number of carbonyl (C=O) groups is 1. The molecule has 2 fully saturated rings. The second kappa shape index (κ2) is 7.52. The van der Waals surface area contributed by atoms with Crippen molar-refractivity contribution >= 4 is 11.6 Å². The highest BCUT2D eigenvalue weighted by Gasteiger charge is 2.55. The quantitative estimate of drug-likeness (QED) is 0.658. The fraction of sp³-hybridized carbons (Fsp3) is 0.333. The van der Waals surface area contributed by atoms with Gasteiger partial charge in [0.1, 0.15) is 11.4 Å². The van der Waals surface area contributed by atoms with Crippen LogP contribution < -0.4 is 9.64 Å². The molecule has 1 aromatic heterocycles. The first-order valence-corrected chi connectivity index (χ1v) is 10.4. The average Bonchev–Trinajstić information content (AvgIpc) is 3.36. The number of likely N-dealkylation sites (tertiary alicyclic amines) is 1. The number of aromatic nitrogens is 2. The van der Waals surface area contributed by atoms with Crippen LogP contribution in [-0.4, -0.2) is 53.4 Å². The summed E-state index contributed by atoms with van der Waals surface area (Å²) in [6.45, 7) is 3.95. The maximum atomic E-state index is 13.1. The molecule has 2 saturated heterocycles. The third kappa shape index (κ3) is 3.32. The number of ether oxygens (including phenoxy) is 1. The number of hydrogen-bond donors (Lipinski definition) is 0. The Labute approximate surface area is 176 Å². The van der Waals surface area contributed by atoms with E-state index in [0.717, 1.165) is 25.4 Å². The molecule has 2 aliphatic rings. The summed E-state index contributed by atoms with van der Waals surface area (Å²) in [5.74, 6) is 1.22. The Kier molecular flexibility index (Phi) is 4.69. The van der Waals surface area contributed by atoms with Crippen LogP contribution >= 0.6 is 0 Å². The van der Waals surface area contributed by atoms with Crippen LogP contribution in [0.3, 0.4) is 0 Å². The maximum Gasteiger partial charge on any atom is 0.272 e. The Bertz CT molecular complexity index is 1010. The molecule has 1 unspecified atom stereocenters. The van der Waals surface area contributed by atoms with Crippen molar-refractivity contribution in [2.75, 3.05) is 37.7 Å². The molecule has 1 amide bonds. The van der Waals surface area contributed by atoms with Gasteiger partial charge in [-0.05, 0) is 30.3 Å². The van der Waals surface area contributed by atoms with Crippen molar-refractivity contribution in [1.82, 2.24) is 14.7 Å². The second-order valence-electron chi connectivity index (χ2n) is 8.40. The zero-order valence-electron chi connectivity index (χ0n) is 17.1. The summed E-state index contributed by atoms with van der Waals surface area (Å²) in [5, 5.41) is 4.16. The predicted molar refractivity (Wildman–Crippen MR) is 116 cm³/mol. The molecular weight excluding hydrogens is 376 g/mol. The van der Waals surface area contributed by atoms with Crippen LogP contribution in [0, 0.1) is 11.3 Å². The van der Waals surface area contributed by atoms with Crippen LogP contribution in [-0.2, 0) is 7.05 Å². The van der Waals surface area contributed by atoms with Crippen LogP contribution in [0.5, 0.6) is 5.75 Å². The zero-order chi connectivity index (χ0) is 20.6. The summed E-state index contributed by atoms with van der Waals surface area (Å²) in [5.41, 5.74) is 1.93. The van der Waals surface area contributed by atoms with E-state index in [1.165, 1.54) is 5.69 Å². The van der Waals surface area contributed by atoms with Crippen LogP contribution in [0.2, 0.25) is 0 Å². The van der Waals surface area contributed by atoms with E-state index in [1.54, 1.807) is 16.9 Å². The first-order valence-electron chi connectivity index (χ1n) is 10.4. The van der Waals surface area contributed by atoms with Gasteiger partial charge in [-0.25, -0.2) is 0 Å². The highest BCUT2D eigenvalue weighted by atomic mass is 16.5. The first-order chi connectivity index (χ1) is 14.6. The SMILES string of the molecule is Cn1nccc1C(=O)N1CC(COc2ccccc2)C2(C1)CN(c1ccccc1)C2. The average molecular weight is 402 g/mol. The predicted octanol–water partition coefficient (Wildman–Crippen LogP) is 3.08. The lowest BCUT2D eigenvalue weighted by atomic mass is 9.71. The maximum absolute atomic E-state index is 13.1. The van der Waals surface area contributed by atoms with Gasteiger partial charge < -0.3 is 14.5 Å². The van der Waals surface area contributed by atoms with Gasteiger partial charge in [-0.3, -0.25) is 9.48 Å². The normalized spacial score (nSPS) is 19.7. The van der Waals surface area contributed by atoms with Gasteiger partial charge in [-0.1, -0.05) is 36.4 Å². The van der Waals surface area contributed by atoms with E-state index in [0.29, 0.717) is 18.8 Å². The standard InChI is InChI=1S/C24H26N4O2/c1-26-22(12-13-25-26)23(29)27-14-19(15-30-21-10-6-3-7-11-21)24(16-27)17-28(18-24)20-8-4-2-5-9-20/h2-13,19H,14-18H2,1H3. The molecule has 30 heavy (non-hydrogen) atoms. The largest absolute Gasteiger partial charge is 0.493 e. The summed E-state index contributed by atoms with van der Waals surface area (Å²) >= 11 is 0. The van der Waals surface area contributed by atoms with Crippen molar-refractivity contribution in [3.05, 3.63) is 78.6 Å². The summed E-state index contributed by atoms with van der Waals surface area (Å²) < 4.78 is 7.78. The molecule has 6 heteroatoms. The number of anilines is 1. The van der Waals surface area contributed by atoms with E-state index in [4.69, 9.17) is 4.74 Å². The van der Waals surface area contributed by atoms with Crippen molar-refractivity contribution in [2.45, 2.75) is 0 Å². The van der Waals surface area contributed by atoms with Crippen molar-refractivity contribution in [3.8, 4) is 5.75 Å². The molecule has 0 radical (unpaired) electrons. The van der Waals surface area contributed by atoms with Crippen LogP contribution in [0.1, 0.15) is 10.5 Å². The second-order valence-corrected chi connectivity index (χ2v) is 8.40. The number of nitrogens with zero attached hydrogens (tertiary/aromatic N) is 4. The fourth-order valence-corrected chi connectivity index (χ4v) is 4.77. The molecule has 5 rings (SSSR count). The Balaban J connectivity index is 1.34. The number of carbonyl (C=O) groups excluding carboxylic acids is 1. The van der Waals surface area contributed by atoms with E-state index in [2.05, 4.69) is 34.3 Å². The van der Waals surface area contributed by atoms with Crippen molar-refractivity contribution < 1.29 is 9.53 Å². The Morgan fingerprint density at radius 3 is 2.40 bits per heavy atom. The lowest BCUT2D eigenvalue weighted by molar-refractivity contribution is 0.0749. The summed E-state index contributed by atoms with van der Waals surface area (Å²) in [6, 6.07) is 22.2. The van der Waals surface area contributed by atoms with E-state index >= 15 is 0 Å². The minimum Gasteiger partial charge on any atom is -0.493 e. The van der Waals surface area contributed by atoms with Gasteiger partial charge in [0.2, 0.25) is 0 Å². The molecule has 6 nitrogen and oxygen atoms in total. The minimum absolute atomic E-state index is 0.0507. The smallest absolute Gasteiger partial charge is 0.272 e. The highest BCUT2D eigenvalue weighted by Crippen LogP contribution is 2.46. The van der Waals surface area contributed by atoms with Crippen molar-refractivity contribution in [3.63, 3.8) is 0 Å². The Hall–Kier alpha value is -3.28. The number of benzene rings is 2. The molecule has 3 aromatic rings. The number of amides is 1. The van der Waals surface area contributed by atoms with Gasteiger partial charge in [0, 0.05) is 56.4 Å². The molecule has 2 aliphatic heterocycles. The van der Waals surface area contributed by atoms with Gasteiger partial charge in [-0.15, -0.1) is 0 Å². The first kappa shape index (κ1) is 18.7. The molecule has 0 bridgehead atoms. The van der Waals surface area contributed by atoms with E-state index in [-0.39, 0.29) is 17.2 Å². The van der Waals surface area contributed by atoms with Gasteiger partial charge >= 0.3 is 0 Å². The molecular formula is C24H26N4O2. The third-order valence-electron chi connectivity index (χ3n) is 6.47. The Morgan fingerprint density at radius 1 is 1.03 bits per heavy atom. The van der Waals surface area contributed by atoms with E-state index in [9.17, 15) is 4.79 Å². The molecule has 1 atom stereocenters.